The SMILES string of the molecule is C#Sc1nn(C)c(C)c1CCCc1c(-c2ccc3n(c2)c(CNC)c[n+]3C)ccc(F)c1F.CC(C)(C)C. The van der Waals surface area contributed by atoms with Gasteiger partial charge < -0.3 is 5.32 Å². The molecule has 0 fully saturated rings. The molecule has 0 amide bonds. The fourth-order valence-corrected chi connectivity index (χ4v) is 4.95. The first-order chi connectivity index (χ1) is 17.8. The van der Waals surface area contributed by atoms with Crippen LogP contribution in [0.15, 0.2) is 41.7 Å². The second kappa shape index (κ2) is 12.2. The molecule has 4 rings (SSSR count). The molecule has 204 valence electrons. The highest BCUT2D eigenvalue weighted by Crippen LogP contribution is 2.30. The third-order valence-electron chi connectivity index (χ3n) is 6.19. The van der Waals surface area contributed by atoms with Crippen LogP contribution in [-0.2, 0) is 33.5 Å². The number of aryl methyl sites for hydroxylation is 2. The molecule has 1 aromatic carbocycles. The lowest BCUT2D eigenvalue weighted by molar-refractivity contribution is -0.644. The minimum Gasteiger partial charge on any atom is -0.312 e. The van der Waals surface area contributed by atoms with Crippen LogP contribution in [0.1, 0.15) is 56.6 Å². The van der Waals surface area contributed by atoms with E-state index in [2.05, 4.69) is 48.7 Å². The molecule has 3 aromatic heterocycles. The van der Waals surface area contributed by atoms with Crippen molar-refractivity contribution in [3.63, 3.8) is 0 Å². The van der Waals surface area contributed by atoms with Crippen LogP contribution in [0.5, 0.6) is 0 Å². The molecule has 0 unspecified atom stereocenters. The van der Waals surface area contributed by atoms with Gasteiger partial charge in [0, 0.05) is 29.9 Å². The lowest BCUT2D eigenvalue weighted by Gasteiger charge is -2.12. The molecule has 0 radical (unpaired) electrons. The smallest absolute Gasteiger partial charge is 0.286 e. The maximum atomic E-state index is 15.0. The van der Waals surface area contributed by atoms with E-state index in [1.165, 1.54) is 6.07 Å². The van der Waals surface area contributed by atoms with Crippen LogP contribution < -0.4 is 9.88 Å². The van der Waals surface area contributed by atoms with Crippen molar-refractivity contribution < 1.29 is 13.3 Å². The standard InChI is InChI=1S/C25H28F2N5S.C5H12/c1-16-19(25(33-5)29-31(16)4)7-6-8-21-20(10-11-22(26)24(21)27)17-9-12-23-30(3)15-18(13-28-2)32(23)14-17;1-5(2,3)4/h5,9-12,14-15,28H,6-8,13H2,1-4H3;1-4H3/q+1;. The average Bonchev–Trinajstić information content (AvgIpc) is 3.30. The lowest BCUT2D eigenvalue weighted by Crippen LogP contribution is -2.25. The van der Waals surface area contributed by atoms with Crippen molar-refractivity contribution in [2.45, 2.75) is 65.5 Å². The van der Waals surface area contributed by atoms with Crippen LogP contribution in [0.25, 0.3) is 16.8 Å². The van der Waals surface area contributed by atoms with E-state index in [1.807, 2.05) is 51.0 Å². The first-order valence-electron chi connectivity index (χ1n) is 12.9. The van der Waals surface area contributed by atoms with Crippen molar-refractivity contribution >= 4 is 16.8 Å². The summed E-state index contributed by atoms with van der Waals surface area (Å²) >= 11 is 1.11. The summed E-state index contributed by atoms with van der Waals surface area (Å²) in [5.41, 5.74) is 12.4. The third kappa shape index (κ3) is 6.87. The predicted octanol–water partition coefficient (Wildman–Crippen LogP) is 6.38. The molecule has 8 heteroatoms. The highest BCUT2D eigenvalue weighted by molar-refractivity contribution is 7.88. The molecule has 0 aliphatic rings. The van der Waals surface area contributed by atoms with Gasteiger partial charge in [-0.15, -0.1) is 5.69 Å². The van der Waals surface area contributed by atoms with E-state index in [-0.39, 0.29) is 0 Å². The molecule has 5 nitrogen and oxygen atoms in total. The molecule has 0 saturated heterocycles. The molecule has 1 N–H and O–H groups in total. The molecular formula is C30H40F2N5S+. The predicted molar refractivity (Wildman–Crippen MR) is 153 cm³/mol. The Hall–Kier alpha value is -3.06. The Labute approximate surface area is 229 Å². The topological polar surface area (TPSA) is 38.1 Å². The molecule has 0 saturated carbocycles. The highest BCUT2D eigenvalue weighted by atomic mass is 32.1. The number of hydrogen-bond acceptors (Lipinski definition) is 2. The second-order valence-corrected chi connectivity index (χ2v) is 11.9. The van der Waals surface area contributed by atoms with Crippen molar-refractivity contribution in [1.82, 2.24) is 19.5 Å². The van der Waals surface area contributed by atoms with Crippen LogP contribution in [0.3, 0.4) is 0 Å². The van der Waals surface area contributed by atoms with E-state index in [0.29, 0.717) is 42.3 Å². The van der Waals surface area contributed by atoms with Crippen LogP contribution in [0.2, 0.25) is 0 Å². The number of halogens is 2. The number of nitrogens with zero attached hydrogens (tertiary/aromatic N) is 4. The summed E-state index contributed by atoms with van der Waals surface area (Å²) in [5, 5.41) is 8.37. The Balaban J connectivity index is 0.000000732. The maximum Gasteiger partial charge on any atom is 0.286 e. The van der Waals surface area contributed by atoms with Gasteiger partial charge in [-0.2, -0.15) is 9.50 Å². The molecule has 0 aliphatic carbocycles. The van der Waals surface area contributed by atoms with Gasteiger partial charge in [-0.3, -0.25) is 4.68 Å². The zero-order valence-corrected chi connectivity index (χ0v) is 24.6. The Morgan fingerprint density at radius 3 is 2.37 bits per heavy atom. The van der Waals surface area contributed by atoms with Gasteiger partial charge in [0.25, 0.3) is 5.65 Å². The number of benzene rings is 1. The normalized spacial score (nSPS) is 11.5. The molecule has 3 heterocycles. The van der Waals surface area contributed by atoms with Crippen molar-refractivity contribution in [2.24, 2.45) is 19.5 Å². The van der Waals surface area contributed by atoms with Gasteiger partial charge >= 0.3 is 0 Å². The molecular weight excluding hydrogens is 500 g/mol. The molecule has 0 spiro atoms. The van der Waals surface area contributed by atoms with Gasteiger partial charge in [0.1, 0.15) is 17.4 Å². The van der Waals surface area contributed by atoms with E-state index in [9.17, 15) is 8.78 Å². The number of rotatable bonds is 7. The first kappa shape index (κ1) is 29.5. The van der Waals surface area contributed by atoms with Crippen molar-refractivity contribution in [3.05, 3.63) is 70.8 Å². The van der Waals surface area contributed by atoms with Crippen molar-refractivity contribution in [1.29, 1.82) is 0 Å². The number of fused-ring (bicyclic) bond motifs is 1. The number of imidazole rings is 1. The summed E-state index contributed by atoms with van der Waals surface area (Å²) < 4.78 is 35.1. The van der Waals surface area contributed by atoms with E-state index in [4.69, 9.17) is 5.69 Å². The summed E-state index contributed by atoms with van der Waals surface area (Å²) in [7, 11) is 5.77. The zero-order valence-electron chi connectivity index (χ0n) is 23.8. The third-order valence-corrected chi connectivity index (χ3v) is 6.74. The Kier molecular flexibility index (Phi) is 9.47. The molecule has 4 aromatic rings. The number of hydrogen-bond donors (Lipinski definition) is 1. The fourth-order valence-electron chi connectivity index (χ4n) is 4.39. The van der Waals surface area contributed by atoms with E-state index >= 15 is 0 Å². The minimum atomic E-state index is -0.825. The van der Waals surface area contributed by atoms with Crippen LogP contribution >= 0.6 is 11.2 Å². The van der Waals surface area contributed by atoms with Gasteiger partial charge in [-0.05, 0) is 61.9 Å². The van der Waals surface area contributed by atoms with Gasteiger partial charge in [0.2, 0.25) is 0 Å². The monoisotopic (exact) mass is 540 g/mol. The number of pyridine rings is 1. The average molecular weight is 541 g/mol. The highest BCUT2D eigenvalue weighted by Gasteiger charge is 2.20. The fraction of sp³-hybridized carbons (Fsp3) is 0.433. The van der Waals surface area contributed by atoms with E-state index in [1.54, 1.807) is 10.7 Å². The Bertz CT molecular complexity index is 1470. The lowest BCUT2D eigenvalue weighted by atomic mass is 9.95. The molecule has 0 bridgehead atoms. The van der Waals surface area contributed by atoms with Crippen LogP contribution in [0, 0.1) is 29.7 Å². The van der Waals surface area contributed by atoms with Gasteiger partial charge in [-0.1, -0.05) is 44.9 Å². The summed E-state index contributed by atoms with van der Waals surface area (Å²) in [6.07, 6.45) is 5.80. The van der Waals surface area contributed by atoms with Crippen LogP contribution in [0.4, 0.5) is 8.78 Å². The van der Waals surface area contributed by atoms with Gasteiger partial charge in [-0.25, -0.2) is 13.3 Å². The Morgan fingerprint density at radius 1 is 1.08 bits per heavy atom. The van der Waals surface area contributed by atoms with E-state index in [0.717, 1.165) is 44.4 Å². The second-order valence-electron chi connectivity index (χ2n) is 11.3. The van der Waals surface area contributed by atoms with Gasteiger partial charge in [0.05, 0.1) is 13.6 Å². The number of nitrogens with one attached hydrogen (secondary N) is 1. The number of aromatic nitrogens is 4. The molecule has 0 atom stereocenters. The zero-order chi connectivity index (χ0) is 28.2. The largest absolute Gasteiger partial charge is 0.312 e. The first-order valence-corrected chi connectivity index (χ1v) is 13.7. The van der Waals surface area contributed by atoms with E-state index < -0.39 is 11.6 Å². The minimum absolute atomic E-state index is 0.393. The van der Waals surface area contributed by atoms with Crippen LogP contribution in [-0.4, -0.2) is 21.2 Å². The summed E-state index contributed by atoms with van der Waals surface area (Å²) in [6.45, 7) is 11.4. The van der Waals surface area contributed by atoms with Crippen molar-refractivity contribution in [3.8, 4) is 16.8 Å². The van der Waals surface area contributed by atoms with Crippen molar-refractivity contribution in [2.75, 3.05) is 7.05 Å². The van der Waals surface area contributed by atoms with Gasteiger partial charge in [0.15, 0.2) is 17.3 Å². The molecule has 0 aliphatic heterocycles. The molecule has 38 heavy (non-hydrogen) atoms. The summed E-state index contributed by atoms with van der Waals surface area (Å²) in [5.74, 6) is -1.61. The summed E-state index contributed by atoms with van der Waals surface area (Å²) in [6, 6.07) is 6.84. The summed E-state index contributed by atoms with van der Waals surface area (Å²) in [4.78, 5) is 0. The Morgan fingerprint density at radius 2 is 1.74 bits per heavy atom. The maximum absolute atomic E-state index is 15.0. The quantitative estimate of drug-likeness (QED) is 0.276.